The molecular formula is C21H20ClNO4. The lowest BCUT2D eigenvalue weighted by atomic mass is 9.83. The summed E-state index contributed by atoms with van der Waals surface area (Å²) in [5.74, 6) is 0.945. The van der Waals surface area contributed by atoms with Crippen LogP contribution in [0.2, 0.25) is 5.02 Å². The van der Waals surface area contributed by atoms with Crippen LogP contribution in [0.5, 0.6) is 11.5 Å². The number of aliphatic imine (C=N–C) groups is 1. The van der Waals surface area contributed by atoms with Crippen LogP contribution in [0.25, 0.3) is 0 Å². The highest BCUT2D eigenvalue weighted by atomic mass is 35.5. The number of allylic oxidation sites excluding steroid dienone is 2. The third-order valence-electron chi connectivity index (χ3n) is 4.51. The van der Waals surface area contributed by atoms with E-state index in [1.54, 1.807) is 38.5 Å². The monoisotopic (exact) mass is 385 g/mol. The predicted octanol–water partition coefficient (Wildman–Crippen LogP) is 5.02. The Balaban J connectivity index is 1.81. The summed E-state index contributed by atoms with van der Waals surface area (Å²) >= 11 is 6.03. The van der Waals surface area contributed by atoms with Crippen LogP contribution in [0, 0.1) is 0 Å². The normalized spacial score (nSPS) is 17.4. The van der Waals surface area contributed by atoms with Gasteiger partial charge in [0.05, 0.1) is 25.5 Å². The van der Waals surface area contributed by atoms with Crippen LogP contribution >= 0.6 is 11.6 Å². The lowest BCUT2D eigenvalue weighted by Gasteiger charge is -2.22. The highest BCUT2D eigenvalue weighted by molar-refractivity contribution is 6.30. The second kappa shape index (κ2) is 8.27. The summed E-state index contributed by atoms with van der Waals surface area (Å²) in [4.78, 5) is 16.8. The van der Waals surface area contributed by atoms with Crippen LogP contribution in [0.15, 0.2) is 58.8 Å². The number of halogens is 1. The largest absolute Gasteiger partial charge is 0.511 e. The first kappa shape index (κ1) is 19.0. The summed E-state index contributed by atoms with van der Waals surface area (Å²) in [6.07, 6.45) is 2.09. The van der Waals surface area contributed by atoms with Gasteiger partial charge in [0.2, 0.25) is 0 Å². The molecule has 0 saturated carbocycles. The molecule has 0 aromatic heterocycles. The summed E-state index contributed by atoms with van der Waals surface area (Å²) in [5, 5.41) is 11.0. The molecule has 1 aliphatic carbocycles. The molecule has 2 aromatic rings. The average Bonchev–Trinajstić information content (AvgIpc) is 2.67. The highest BCUT2D eigenvalue weighted by Crippen LogP contribution is 2.35. The molecule has 27 heavy (non-hydrogen) atoms. The van der Waals surface area contributed by atoms with E-state index in [-0.39, 0.29) is 23.0 Å². The van der Waals surface area contributed by atoms with Gasteiger partial charge in [-0.15, -0.1) is 0 Å². The molecule has 1 aliphatic rings. The number of carbonyl (C=O) groups excluding carboxylic acids is 1. The van der Waals surface area contributed by atoms with E-state index in [0.717, 1.165) is 5.56 Å². The number of methoxy groups -OCH3 is 2. The van der Waals surface area contributed by atoms with E-state index in [1.165, 1.54) is 6.21 Å². The second-order valence-corrected chi connectivity index (χ2v) is 6.68. The van der Waals surface area contributed by atoms with Gasteiger partial charge in [-0.2, -0.15) is 0 Å². The molecule has 2 aromatic carbocycles. The maximum Gasteiger partial charge on any atom is 0.168 e. The van der Waals surface area contributed by atoms with Gasteiger partial charge in [-0.05, 0) is 35.7 Å². The summed E-state index contributed by atoms with van der Waals surface area (Å²) in [6.45, 7) is 0. The maximum atomic E-state index is 12.5. The van der Waals surface area contributed by atoms with Crippen LogP contribution < -0.4 is 9.47 Å². The van der Waals surface area contributed by atoms with E-state index in [9.17, 15) is 9.90 Å². The van der Waals surface area contributed by atoms with Crippen molar-refractivity contribution in [3.63, 3.8) is 0 Å². The van der Waals surface area contributed by atoms with Gasteiger partial charge < -0.3 is 14.6 Å². The van der Waals surface area contributed by atoms with Gasteiger partial charge in [-0.3, -0.25) is 9.79 Å². The minimum atomic E-state index is -0.145. The molecule has 1 N–H and O–H groups in total. The number of ketones is 1. The van der Waals surface area contributed by atoms with Crippen molar-refractivity contribution in [1.82, 2.24) is 0 Å². The smallest absolute Gasteiger partial charge is 0.168 e. The Hall–Kier alpha value is -2.79. The lowest BCUT2D eigenvalue weighted by Crippen LogP contribution is -2.19. The molecule has 0 amide bonds. The van der Waals surface area contributed by atoms with Crippen molar-refractivity contribution in [2.75, 3.05) is 14.2 Å². The Labute approximate surface area is 162 Å². The molecule has 1 atom stereocenters. The fourth-order valence-electron chi connectivity index (χ4n) is 3.10. The van der Waals surface area contributed by atoms with Gasteiger partial charge in [-0.25, -0.2) is 0 Å². The van der Waals surface area contributed by atoms with Gasteiger partial charge in [0.15, 0.2) is 17.3 Å². The molecule has 0 aliphatic heterocycles. The number of rotatable bonds is 5. The zero-order valence-corrected chi connectivity index (χ0v) is 15.9. The van der Waals surface area contributed by atoms with Gasteiger partial charge in [0.1, 0.15) is 5.76 Å². The van der Waals surface area contributed by atoms with E-state index in [0.29, 0.717) is 35.1 Å². The Morgan fingerprint density at radius 3 is 2.56 bits per heavy atom. The standard InChI is InChI=1S/C21H20ClNO4/c1-26-20-7-6-16(11-21(20)27-2)23-12-17-18(24)9-14(10-19(17)25)13-4-3-5-15(22)8-13/h3-8,11-12,14,24H,9-10H2,1-2H3. The lowest BCUT2D eigenvalue weighted by molar-refractivity contribution is -0.116. The molecule has 0 spiro atoms. The Morgan fingerprint density at radius 1 is 1.11 bits per heavy atom. The molecule has 0 fully saturated rings. The second-order valence-electron chi connectivity index (χ2n) is 6.24. The topological polar surface area (TPSA) is 68.1 Å². The molecule has 0 saturated heterocycles. The number of hydrogen-bond acceptors (Lipinski definition) is 5. The molecule has 140 valence electrons. The van der Waals surface area contributed by atoms with Gasteiger partial charge in [0, 0.05) is 30.1 Å². The molecule has 0 bridgehead atoms. The quantitative estimate of drug-likeness (QED) is 0.734. The zero-order chi connectivity index (χ0) is 19.4. The number of benzene rings is 2. The van der Waals surface area contributed by atoms with E-state index < -0.39 is 0 Å². The molecule has 5 nitrogen and oxygen atoms in total. The third-order valence-corrected chi connectivity index (χ3v) is 4.75. The van der Waals surface area contributed by atoms with Crippen molar-refractivity contribution < 1.29 is 19.4 Å². The SMILES string of the molecule is COc1ccc(N=CC2=C(O)CC(c3cccc(Cl)c3)CC2=O)cc1OC. The number of hydrogen-bond donors (Lipinski definition) is 1. The van der Waals surface area contributed by atoms with E-state index in [1.807, 2.05) is 18.2 Å². The van der Waals surface area contributed by atoms with Crippen molar-refractivity contribution >= 4 is 29.3 Å². The van der Waals surface area contributed by atoms with Crippen LogP contribution in [-0.2, 0) is 4.79 Å². The number of aliphatic hydroxyl groups is 1. The Kier molecular flexibility index (Phi) is 5.81. The Bertz CT molecular complexity index is 920. The number of Topliss-reactive ketones (excluding diaryl/α,β-unsaturated/α-hetero) is 1. The first-order valence-corrected chi connectivity index (χ1v) is 8.86. The minimum Gasteiger partial charge on any atom is -0.511 e. The molecule has 1 unspecified atom stereocenters. The first-order valence-electron chi connectivity index (χ1n) is 8.48. The number of nitrogens with zero attached hydrogens (tertiary/aromatic N) is 1. The Morgan fingerprint density at radius 2 is 1.89 bits per heavy atom. The molecule has 3 rings (SSSR count). The van der Waals surface area contributed by atoms with Crippen LogP contribution in [0.1, 0.15) is 24.3 Å². The zero-order valence-electron chi connectivity index (χ0n) is 15.1. The van der Waals surface area contributed by atoms with Crippen molar-refractivity contribution in [3.05, 3.63) is 64.4 Å². The van der Waals surface area contributed by atoms with Crippen LogP contribution in [0.3, 0.4) is 0 Å². The highest BCUT2D eigenvalue weighted by Gasteiger charge is 2.27. The summed E-state index contributed by atoms with van der Waals surface area (Å²) in [7, 11) is 3.10. The maximum absolute atomic E-state index is 12.5. The number of aliphatic hydroxyl groups excluding tert-OH is 1. The first-order chi connectivity index (χ1) is 13.0. The molecular weight excluding hydrogens is 366 g/mol. The fourth-order valence-corrected chi connectivity index (χ4v) is 3.30. The van der Waals surface area contributed by atoms with Crippen molar-refractivity contribution in [2.45, 2.75) is 18.8 Å². The summed E-state index contributed by atoms with van der Waals surface area (Å²) < 4.78 is 10.4. The summed E-state index contributed by atoms with van der Waals surface area (Å²) in [5.41, 5.74) is 1.78. The molecule has 0 heterocycles. The van der Waals surface area contributed by atoms with Crippen molar-refractivity contribution in [2.24, 2.45) is 4.99 Å². The average molecular weight is 386 g/mol. The van der Waals surface area contributed by atoms with Crippen molar-refractivity contribution in [1.29, 1.82) is 0 Å². The van der Waals surface area contributed by atoms with E-state index in [2.05, 4.69) is 4.99 Å². The summed E-state index contributed by atoms with van der Waals surface area (Å²) in [6, 6.07) is 12.6. The van der Waals surface area contributed by atoms with E-state index >= 15 is 0 Å². The van der Waals surface area contributed by atoms with Crippen molar-refractivity contribution in [3.8, 4) is 11.5 Å². The van der Waals surface area contributed by atoms with E-state index in [4.69, 9.17) is 21.1 Å². The van der Waals surface area contributed by atoms with Crippen LogP contribution in [0.4, 0.5) is 5.69 Å². The van der Waals surface area contributed by atoms with Gasteiger partial charge >= 0.3 is 0 Å². The van der Waals surface area contributed by atoms with Gasteiger partial charge in [0.25, 0.3) is 0 Å². The molecule has 0 radical (unpaired) electrons. The third kappa shape index (κ3) is 4.31. The fraction of sp³-hybridized carbons (Fsp3) is 0.238. The molecule has 6 heteroatoms. The minimum absolute atomic E-state index is 0.0421. The predicted molar refractivity (Wildman–Crippen MR) is 106 cm³/mol. The van der Waals surface area contributed by atoms with Crippen LogP contribution in [-0.4, -0.2) is 31.3 Å². The van der Waals surface area contributed by atoms with Gasteiger partial charge in [-0.1, -0.05) is 23.7 Å². The number of ether oxygens (including phenoxy) is 2. The number of carbonyl (C=O) groups is 1.